The summed E-state index contributed by atoms with van der Waals surface area (Å²) >= 11 is -2.03. The Bertz CT molecular complexity index is 1040. The number of carbonyl (C=O) groups excluding carboxylic acids is 2. The molecule has 1 saturated heterocycles. The van der Waals surface area contributed by atoms with Gasteiger partial charge in [0, 0.05) is 51.3 Å². The van der Waals surface area contributed by atoms with E-state index in [1.165, 1.54) is 11.4 Å². The lowest BCUT2D eigenvalue weighted by Gasteiger charge is -2.32. The van der Waals surface area contributed by atoms with Crippen molar-refractivity contribution in [3.05, 3.63) is 46.8 Å². The van der Waals surface area contributed by atoms with Crippen LogP contribution in [0, 0.1) is 0 Å². The van der Waals surface area contributed by atoms with Crippen molar-refractivity contribution in [1.82, 2.24) is 24.3 Å². The highest BCUT2D eigenvalue weighted by Gasteiger charge is 2.29. The lowest BCUT2D eigenvalue weighted by molar-refractivity contribution is 0.0693. The highest BCUT2D eigenvalue weighted by molar-refractivity contribution is 7.76. The van der Waals surface area contributed by atoms with Gasteiger partial charge in [-0.25, -0.2) is 4.21 Å². The van der Waals surface area contributed by atoms with Gasteiger partial charge in [-0.1, -0.05) is 12.1 Å². The van der Waals surface area contributed by atoms with E-state index in [4.69, 9.17) is 4.74 Å². The van der Waals surface area contributed by atoms with Crippen LogP contribution in [0.25, 0.3) is 0 Å². The zero-order valence-corrected chi connectivity index (χ0v) is 18.9. The third kappa shape index (κ3) is 4.69. The smallest absolute Gasteiger partial charge is 0.269 e. The van der Waals surface area contributed by atoms with Gasteiger partial charge in [-0.2, -0.15) is 9.40 Å². The Morgan fingerprint density at radius 1 is 1.25 bits per heavy atom. The number of amides is 2. The first-order valence-electron chi connectivity index (χ1n) is 10.5. The van der Waals surface area contributed by atoms with Gasteiger partial charge in [-0.05, 0) is 25.0 Å². The number of methoxy groups -OCH3 is 1. The molecule has 11 heteroatoms. The molecule has 1 aliphatic carbocycles. The summed E-state index contributed by atoms with van der Waals surface area (Å²) in [7, 11) is 3.25. The van der Waals surface area contributed by atoms with E-state index < -0.39 is 11.3 Å². The predicted octanol–water partition coefficient (Wildman–Crippen LogP) is 1.13. The van der Waals surface area contributed by atoms with Crippen molar-refractivity contribution in [2.45, 2.75) is 25.3 Å². The number of ether oxygens (including phenoxy) is 1. The quantitative estimate of drug-likeness (QED) is 0.597. The normalized spacial score (nSPS) is 17.8. The van der Waals surface area contributed by atoms with Crippen LogP contribution in [0.1, 0.15) is 50.9 Å². The van der Waals surface area contributed by atoms with Gasteiger partial charge >= 0.3 is 0 Å². The minimum absolute atomic E-state index is 0.199. The summed E-state index contributed by atoms with van der Waals surface area (Å²) in [6.45, 7) is 1.53. The Morgan fingerprint density at radius 2 is 1.97 bits per heavy atom. The van der Waals surface area contributed by atoms with Crippen LogP contribution in [-0.2, 0) is 24.9 Å². The minimum atomic E-state index is -2.03. The monoisotopic (exact) mass is 461 g/mol. The Hall–Kier alpha value is -2.76. The van der Waals surface area contributed by atoms with Crippen LogP contribution in [-0.4, -0.2) is 72.9 Å². The molecule has 1 unspecified atom stereocenters. The Labute approximate surface area is 188 Å². The van der Waals surface area contributed by atoms with Crippen molar-refractivity contribution < 1.29 is 23.1 Å². The molecule has 2 heterocycles. The molecule has 32 heavy (non-hydrogen) atoms. The fraction of sp³-hybridized carbons (Fsp3) is 0.476. The molecule has 1 aromatic heterocycles. The van der Waals surface area contributed by atoms with Crippen LogP contribution in [0.4, 0.5) is 0 Å². The van der Waals surface area contributed by atoms with E-state index in [-0.39, 0.29) is 18.4 Å². The molecule has 4 rings (SSSR count). The fourth-order valence-corrected chi connectivity index (χ4v) is 4.37. The summed E-state index contributed by atoms with van der Waals surface area (Å²) in [4.78, 5) is 27.4. The van der Waals surface area contributed by atoms with Crippen LogP contribution >= 0.6 is 0 Å². The number of aromatic nitrogens is 2. The number of carbonyl (C=O) groups is 2. The molecule has 2 amide bonds. The van der Waals surface area contributed by atoms with Gasteiger partial charge in [0.15, 0.2) is 0 Å². The molecule has 172 valence electrons. The lowest BCUT2D eigenvalue weighted by atomic mass is 10.1. The Balaban J connectivity index is 1.45. The number of hydrogen-bond acceptors (Lipinski definition) is 5. The van der Waals surface area contributed by atoms with E-state index in [9.17, 15) is 18.4 Å². The molecule has 2 fully saturated rings. The molecule has 2 N–H and O–H groups in total. The first-order valence-corrected chi connectivity index (χ1v) is 11.6. The molecule has 1 atom stereocenters. The van der Waals surface area contributed by atoms with Crippen molar-refractivity contribution in [3.8, 4) is 5.75 Å². The van der Waals surface area contributed by atoms with Gasteiger partial charge in [0.1, 0.15) is 11.4 Å². The van der Waals surface area contributed by atoms with Gasteiger partial charge < -0.3 is 15.0 Å². The summed E-state index contributed by atoms with van der Waals surface area (Å²) < 4.78 is 29.0. The van der Waals surface area contributed by atoms with E-state index in [1.54, 1.807) is 28.8 Å². The number of rotatable bonds is 7. The first kappa shape index (κ1) is 22.4. The standard InChI is InChI=1S/C21H27N5O5S/c1-24-18(12-17(23-24)14-6-7-14)20(27)22-13-15-4-3-5-16(19(15)31-2)21(28)25-8-10-26(11-9-25)32(29)30/h3-5,12,14H,6-11,13H2,1-2H3,(H,22,27)(H,29,30). The lowest BCUT2D eigenvalue weighted by Crippen LogP contribution is -2.49. The molecule has 0 radical (unpaired) electrons. The summed E-state index contributed by atoms with van der Waals surface area (Å²) in [6.07, 6.45) is 2.23. The summed E-state index contributed by atoms with van der Waals surface area (Å²) in [5, 5.41) is 7.32. The van der Waals surface area contributed by atoms with E-state index in [1.807, 2.05) is 12.1 Å². The van der Waals surface area contributed by atoms with Crippen molar-refractivity contribution in [3.63, 3.8) is 0 Å². The topological polar surface area (TPSA) is 117 Å². The van der Waals surface area contributed by atoms with Crippen molar-refractivity contribution in [2.75, 3.05) is 33.3 Å². The molecule has 10 nitrogen and oxygen atoms in total. The van der Waals surface area contributed by atoms with Crippen LogP contribution in [0.15, 0.2) is 24.3 Å². The second kappa shape index (κ2) is 9.39. The van der Waals surface area contributed by atoms with E-state index in [0.717, 1.165) is 18.5 Å². The number of benzene rings is 1. The van der Waals surface area contributed by atoms with Gasteiger partial charge in [0.2, 0.25) is 11.3 Å². The van der Waals surface area contributed by atoms with Gasteiger partial charge in [0.05, 0.1) is 18.4 Å². The van der Waals surface area contributed by atoms with Crippen LogP contribution in [0.3, 0.4) is 0 Å². The van der Waals surface area contributed by atoms with Gasteiger partial charge in [0.25, 0.3) is 11.8 Å². The number of nitrogens with one attached hydrogen (secondary N) is 1. The average molecular weight is 462 g/mol. The summed E-state index contributed by atoms with van der Waals surface area (Å²) in [5.74, 6) is 0.428. The Morgan fingerprint density at radius 3 is 2.59 bits per heavy atom. The van der Waals surface area contributed by atoms with E-state index in [0.29, 0.717) is 54.7 Å². The molecule has 1 aromatic carbocycles. The average Bonchev–Trinajstić information content (AvgIpc) is 3.58. The third-order valence-corrected chi connectivity index (χ3v) is 6.65. The van der Waals surface area contributed by atoms with E-state index >= 15 is 0 Å². The highest BCUT2D eigenvalue weighted by atomic mass is 32.2. The maximum atomic E-state index is 13.1. The predicted molar refractivity (Wildman–Crippen MR) is 118 cm³/mol. The van der Waals surface area contributed by atoms with Crippen LogP contribution < -0.4 is 10.1 Å². The van der Waals surface area contributed by atoms with Crippen molar-refractivity contribution >= 4 is 23.1 Å². The Kier molecular flexibility index (Phi) is 6.58. The van der Waals surface area contributed by atoms with Gasteiger partial charge in [-0.3, -0.25) is 18.8 Å². The zero-order valence-electron chi connectivity index (χ0n) is 18.1. The second-order valence-electron chi connectivity index (χ2n) is 7.98. The largest absolute Gasteiger partial charge is 0.496 e. The maximum absolute atomic E-state index is 13.1. The highest BCUT2D eigenvalue weighted by Crippen LogP contribution is 2.39. The van der Waals surface area contributed by atoms with Crippen molar-refractivity contribution in [1.29, 1.82) is 0 Å². The summed E-state index contributed by atoms with van der Waals surface area (Å²) in [5.41, 5.74) is 2.53. The molecular weight excluding hydrogens is 434 g/mol. The number of piperazine rings is 1. The maximum Gasteiger partial charge on any atom is 0.269 e. The zero-order chi connectivity index (χ0) is 22.8. The molecule has 2 aromatic rings. The summed E-state index contributed by atoms with van der Waals surface area (Å²) in [6, 6.07) is 7.09. The SMILES string of the molecule is COc1c(CNC(=O)c2cc(C3CC3)nn2C)cccc1C(=O)N1CCN(S(=O)O)CC1. The van der Waals surface area contributed by atoms with Crippen LogP contribution in [0.2, 0.25) is 0 Å². The van der Waals surface area contributed by atoms with Gasteiger partial charge in [-0.15, -0.1) is 0 Å². The number of para-hydroxylation sites is 1. The molecule has 1 aliphatic heterocycles. The molecule has 1 saturated carbocycles. The number of hydrogen-bond donors (Lipinski definition) is 2. The minimum Gasteiger partial charge on any atom is -0.496 e. The molecule has 0 bridgehead atoms. The third-order valence-electron chi connectivity index (χ3n) is 5.84. The molecule has 0 spiro atoms. The van der Waals surface area contributed by atoms with Crippen molar-refractivity contribution in [2.24, 2.45) is 7.05 Å². The number of nitrogens with zero attached hydrogens (tertiary/aromatic N) is 4. The molecular formula is C21H27N5O5S. The fourth-order valence-electron chi connectivity index (χ4n) is 3.90. The van der Waals surface area contributed by atoms with E-state index in [2.05, 4.69) is 10.4 Å². The molecule has 2 aliphatic rings. The van der Waals surface area contributed by atoms with Crippen LogP contribution in [0.5, 0.6) is 5.75 Å². The second-order valence-corrected chi connectivity index (χ2v) is 8.96. The number of aryl methyl sites for hydroxylation is 1. The first-order chi connectivity index (χ1) is 15.4.